The lowest BCUT2D eigenvalue weighted by Gasteiger charge is -2.53. The average Bonchev–Trinajstić information content (AvgIpc) is 2.29. The van der Waals surface area contributed by atoms with E-state index < -0.39 is 5.72 Å². The molecule has 1 saturated heterocycles. The highest BCUT2D eigenvalue weighted by Gasteiger charge is 2.49. The van der Waals surface area contributed by atoms with Crippen LogP contribution in [0, 0.1) is 6.92 Å². The van der Waals surface area contributed by atoms with Crippen LogP contribution in [0.2, 0.25) is 0 Å². The second kappa shape index (κ2) is 4.77. The maximum Gasteiger partial charge on any atom is 0.327 e. The molecule has 0 spiro atoms. The van der Waals surface area contributed by atoms with Crippen molar-refractivity contribution in [1.29, 1.82) is 0 Å². The Hall–Kier alpha value is -1.55. The van der Waals surface area contributed by atoms with E-state index in [2.05, 4.69) is 0 Å². The molecule has 0 unspecified atom stereocenters. The highest BCUT2D eigenvalue weighted by molar-refractivity contribution is 5.94. The average molecular weight is 276 g/mol. The SMILES string of the molecule is CCN1C(=O)N(c2ccc(C)cc2)[C@](C)(O)CC1(C)C. The van der Waals surface area contributed by atoms with Gasteiger partial charge in [-0.2, -0.15) is 0 Å². The molecule has 0 aromatic heterocycles. The molecule has 1 fully saturated rings. The summed E-state index contributed by atoms with van der Waals surface area (Å²) in [5.41, 5.74) is 0.336. The standard InChI is InChI=1S/C16H24N2O2/c1-6-17-14(19)18(13-9-7-12(2)8-10-13)16(5,20)11-15(17,3)4/h7-10,20H,6,11H2,1-5H3/t16-/m1/s1. The van der Waals surface area contributed by atoms with Gasteiger partial charge in [-0.1, -0.05) is 17.7 Å². The van der Waals surface area contributed by atoms with Crippen LogP contribution in [-0.4, -0.2) is 33.8 Å². The zero-order valence-electron chi connectivity index (χ0n) is 13.0. The van der Waals surface area contributed by atoms with Crippen molar-refractivity contribution >= 4 is 11.7 Å². The van der Waals surface area contributed by atoms with Crippen LogP contribution in [0.4, 0.5) is 10.5 Å². The Balaban J connectivity index is 2.45. The van der Waals surface area contributed by atoms with Crippen LogP contribution in [-0.2, 0) is 0 Å². The first kappa shape index (κ1) is 14.9. The summed E-state index contributed by atoms with van der Waals surface area (Å²) in [6.45, 7) is 10.3. The number of urea groups is 1. The number of hydrogen-bond donors (Lipinski definition) is 1. The van der Waals surface area contributed by atoms with Crippen LogP contribution < -0.4 is 4.90 Å². The molecule has 2 amide bonds. The van der Waals surface area contributed by atoms with Gasteiger partial charge in [0, 0.05) is 24.2 Å². The van der Waals surface area contributed by atoms with Gasteiger partial charge in [0.1, 0.15) is 5.72 Å². The first-order valence-corrected chi connectivity index (χ1v) is 7.10. The lowest BCUT2D eigenvalue weighted by atomic mass is 9.87. The Kier molecular flexibility index (Phi) is 3.54. The summed E-state index contributed by atoms with van der Waals surface area (Å²) in [7, 11) is 0. The summed E-state index contributed by atoms with van der Waals surface area (Å²) in [5, 5.41) is 10.8. The highest BCUT2D eigenvalue weighted by Crippen LogP contribution is 2.38. The molecule has 1 aliphatic rings. The fourth-order valence-corrected chi connectivity index (χ4v) is 3.23. The van der Waals surface area contributed by atoms with Gasteiger partial charge in [0.15, 0.2) is 0 Å². The minimum atomic E-state index is -1.18. The summed E-state index contributed by atoms with van der Waals surface area (Å²) in [6, 6.07) is 7.53. The van der Waals surface area contributed by atoms with Gasteiger partial charge in [0.2, 0.25) is 0 Å². The first-order chi connectivity index (χ1) is 9.19. The number of benzene rings is 1. The van der Waals surface area contributed by atoms with Crippen LogP contribution in [0.5, 0.6) is 0 Å². The number of carbonyl (C=O) groups is 1. The second-order valence-electron chi connectivity index (χ2n) is 6.40. The quantitative estimate of drug-likeness (QED) is 0.902. The Morgan fingerprint density at radius 1 is 1.20 bits per heavy atom. The number of carbonyl (C=O) groups excluding carboxylic acids is 1. The summed E-state index contributed by atoms with van der Waals surface area (Å²) in [4.78, 5) is 16.1. The molecule has 2 rings (SSSR count). The Labute approximate surface area is 121 Å². The first-order valence-electron chi connectivity index (χ1n) is 7.10. The van der Waals surface area contributed by atoms with Crippen molar-refractivity contribution in [1.82, 2.24) is 4.90 Å². The topological polar surface area (TPSA) is 43.8 Å². The van der Waals surface area contributed by atoms with Crippen molar-refractivity contribution in [2.24, 2.45) is 0 Å². The van der Waals surface area contributed by atoms with Crippen LogP contribution in [0.1, 0.15) is 39.7 Å². The molecule has 1 atom stereocenters. The summed E-state index contributed by atoms with van der Waals surface area (Å²) < 4.78 is 0. The van der Waals surface area contributed by atoms with Gasteiger partial charge >= 0.3 is 6.03 Å². The second-order valence-corrected chi connectivity index (χ2v) is 6.40. The van der Waals surface area contributed by atoms with Crippen LogP contribution >= 0.6 is 0 Å². The van der Waals surface area contributed by atoms with E-state index in [0.717, 1.165) is 11.3 Å². The molecular formula is C16H24N2O2. The summed E-state index contributed by atoms with van der Waals surface area (Å²) in [6.07, 6.45) is 0.507. The lowest BCUT2D eigenvalue weighted by Crippen LogP contribution is -2.68. The van der Waals surface area contributed by atoms with Crippen molar-refractivity contribution in [2.45, 2.75) is 52.3 Å². The van der Waals surface area contributed by atoms with Crippen molar-refractivity contribution in [3.8, 4) is 0 Å². The molecule has 0 saturated carbocycles. The molecule has 1 aromatic rings. The minimum absolute atomic E-state index is 0.141. The molecule has 4 nitrogen and oxygen atoms in total. The molecule has 0 aliphatic carbocycles. The van der Waals surface area contributed by atoms with Gasteiger partial charge in [-0.25, -0.2) is 4.79 Å². The van der Waals surface area contributed by atoms with Gasteiger partial charge in [-0.3, -0.25) is 4.90 Å². The highest BCUT2D eigenvalue weighted by atomic mass is 16.3. The van der Waals surface area contributed by atoms with Gasteiger partial charge in [0.05, 0.1) is 0 Å². The molecule has 0 bridgehead atoms. The number of aliphatic hydroxyl groups is 1. The van der Waals surface area contributed by atoms with Crippen molar-refractivity contribution < 1.29 is 9.90 Å². The largest absolute Gasteiger partial charge is 0.371 e. The Bertz CT molecular complexity index is 506. The molecule has 4 heteroatoms. The van der Waals surface area contributed by atoms with Gasteiger partial charge in [0.25, 0.3) is 0 Å². The van der Waals surface area contributed by atoms with Crippen LogP contribution in [0.25, 0.3) is 0 Å². The molecular weight excluding hydrogens is 252 g/mol. The molecule has 0 radical (unpaired) electrons. The van der Waals surface area contributed by atoms with Gasteiger partial charge in [-0.15, -0.1) is 0 Å². The predicted octanol–water partition coefficient (Wildman–Crippen LogP) is 3.13. The zero-order valence-corrected chi connectivity index (χ0v) is 13.0. The maximum atomic E-state index is 12.8. The molecule has 1 aromatic carbocycles. The van der Waals surface area contributed by atoms with Crippen molar-refractivity contribution in [2.75, 3.05) is 11.4 Å². The van der Waals surface area contributed by atoms with E-state index in [-0.39, 0.29) is 11.6 Å². The number of nitrogens with zero attached hydrogens (tertiary/aromatic N) is 2. The zero-order chi connectivity index (χ0) is 15.1. The lowest BCUT2D eigenvalue weighted by molar-refractivity contribution is -0.0238. The third-order valence-electron chi connectivity index (χ3n) is 4.01. The molecule has 110 valence electrons. The smallest absolute Gasteiger partial charge is 0.327 e. The Morgan fingerprint density at radius 2 is 1.75 bits per heavy atom. The van der Waals surface area contributed by atoms with Crippen molar-refractivity contribution in [3.05, 3.63) is 29.8 Å². The van der Waals surface area contributed by atoms with E-state index in [0.29, 0.717) is 13.0 Å². The fourth-order valence-electron chi connectivity index (χ4n) is 3.23. The molecule has 1 aliphatic heterocycles. The third-order valence-corrected chi connectivity index (χ3v) is 4.01. The van der Waals surface area contributed by atoms with E-state index in [1.165, 1.54) is 4.90 Å². The molecule has 20 heavy (non-hydrogen) atoms. The fraction of sp³-hybridized carbons (Fsp3) is 0.562. The Morgan fingerprint density at radius 3 is 2.25 bits per heavy atom. The number of hydrogen-bond acceptors (Lipinski definition) is 2. The van der Waals surface area contributed by atoms with E-state index in [1.54, 1.807) is 6.92 Å². The molecule has 1 heterocycles. The predicted molar refractivity (Wildman–Crippen MR) is 80.8 cm³/mol. The molecule has 1 N–H and O–H groups in total. The van der Waals surface area contributed by atoms with E-state index >= 15 is 0 Å². The normalized spacial score (nSPS) is 26.0. The van der Waals surface area contributed by atoms with Crippen LogP contribution in [0.3, 0.4) is 0 Å². The van der Waals surface area contributed by atoms with E-state index in [9.17, 15) is 9.90 Å². The van der Waals surface area contributed by atoms with Crippen molar-refractivity contribution in [3.63, 3.8) is 0 Å². The third kappa shape index (κ3) is 2.40. The van der Waals surface area contributed by atoms with Crippen LogP contribution in [0.15, 0.2) is 24.3 Å². The van der Waals surface area contributed by atoms with E-state index in [4.69, 9.17) is 0 Å². The number of aryl methyl sites for hydroxylation is 1. The maximum absolute atomic E-state index is 12.8. The number of amides is 2. The number of rotatable bonds is 2. The van der Waals surface area contributed by atoms with Gasteiger partial charge < -0.3 is 10.0 Å². The van der Waals surface area contributed by atoms with Gasteiger partial charge in [-0.05, 0) is 46.8 Å². The van der Waals surface area contributed by atoms with E-state index in [1.807, 2.05) is 56.9 Å². The summed E-state index contributed by atoms with van der Waals surface area (Å²) in [5.74, 6) is 0. The summed E-state index contributed by atoms with van der Waals surface area (Å²) >= 11 is 0. The minimum Gasteiger partial charge on any atom is -0.371 e. The number of anilines is 1. The monoisotopic (exact) mass is 276 g/mol.